The van der Waals surface area contributed by atoms with Crippen LogP contribution in [0.2, 0.25) is 0 Å². The van der Waals surface area contributed by atoms with Crippen molar-refractivity contribution in [1.29, 1.82) is 0 Å². The lowest BCUT2D eigenvalue weighted by atomic mass is 10.1. The number of benzene rings is 2. The quantitative estimate of drug-likeness (QED) is 0.521. The minimum atomic E-state index is -0.416. The molecule has 8 heteroatoms. The molecule has 4 rings (SSSR count). The molecule has 2 amide bonds. The predicted molar refractivity (Wildman–Crippen MR) is 121 cm³/mol. The highest BCUT2D eigenvalue weighted by Crippen LogP contribution is 2.30. The second-order valence-corrected chi connectivity index (χ2v) is 8.88. The number of nitrogens with zero attached hydrogens (tertiary/aromatic N) is 4. The van der Waals surface area contributed by atoms with Crippen LogP contribution in [-0.4, -0.2) is 43.3 Å². The number of likely N-dealkylation sites (tertiary alicyclic amines) is 1. The number of aromatic nitrogens is 3. The zero-order valence-electron chi connectivity index (χ0n) is 17.9. The number of thioether (sulfide) groups is 1. The van der Waals surface area contributed by atoms with E-state index in [-0.39, 0.29) is 11.8 Å². The van der Waals surface area contributed by atoms with Crippen molar-refractivity contribution < 1.29 is 14.0 Å². The SMILES string of the molecule is CCn1c(Cc2ccccc2)nnc1SC1CCCCN(C(=O)c2ccc(F)cc2)C1=O. The van der Waals surface area contributed by atoms with E-state index in [0.717, 1.165) is 24.2 Å². The number of rotatable bonds is 6. The largest absolute Gasteiger partial charge is 0.306 e. The van der Waals surface area contributed by atoms with Gasteiger partial charge in [-0.3, -0.25) is 14.5 Å². The summed E-state index contributed by atoms with van der Waals surface area (Å²) in [6.07, 6.45) is 2.92. The van der Waals surface area contributed by atoms with Crippen LogP contribution in [0.4, 0.5) is 4.39 Å². The number of hydrogen-bond donors (Lipinski definition) is 0. The topological polar surface area (TPSA) is 68.1 Å². The Morgan fingerprint density at radius 2 is 1.84 bits per heavy atom. The van der Waals surface area contributed by atoms with Crippen molar-refractivity contribution in [3.63, 3.8) is 0 Å². The fourth-order valence-electron chi connectivity index (χ4n) is 3.83. The molecule has 0 aliphatic carbocycles. The molecule has 1 aromatic heterocycles. The fourth-order valence-corrected chi connectivity index (χ4v) is 5.04. The third-order valence-electron chi connectivity index (χ3n) is 5.54. The van der Waals surface area contributed by atoms with E-state index < -0.39 is 11.1 Å². The molecule has 0 saturated carbocycles. The van der Waals surface area contributed by atoms with Crippen molar-refractivity contribution in [1.82, 2.24) is 19.7 Å². The van der Waals surface area contributed by atoms with E-state index in [0.29, 0.717) is 36.7 Å². The summed E-state index contributed by atoms with van der Waals surface area (Å²) in [4.78, 5) is 27.5. The van der Waals surface area contributed by atoms with Crippen LogP contribution in [0, 0.1) is 5.82 Å². The molecule has 3 aromatic rings. The van der Waals surface area contributed by atoms with Gasteiger partial charge >= 0.3 is 0 Å². The van der Waals surface area contributed by atoms with Crippen LogP contribution in [0.3, 0.4) is 0 Å². The zero-order chi connectivity index (χ0) is 22.5. The molecule has 166 valence electrons. The Bertz CT molecular complexity index is 1090. The van der Waals surface area contributed by atoms with Gasteiger partial charge in [-0.1, -0.05) is 48.5 Å². The third kappa shape index (κ3) is 4.91. The lowest BCUT2D eigenvalue weighted by Crippen LogP contribution is -2.41. The van der Waals surface area contributed by atoms with Gasteiger partial charge in [0.25, 0.3) is 5.91 Å². The average Bonchev–Trinajstić information content (AvgIpc) is 3.09. The van der Waals surface area contributed by atoms with E-state index in [4.69, 9.17) is 0 Å². The van der Waals surface area contributed by atoms with Gasteiger partial charge < -0.3 is 4.57 Å². The van der Waals surface area contributed by atoms with Crippen molar-refractivity contribution in [3.8, 4) is 0 Å². The first-order valence-corrected chi connectivity index (χ1v) is 11.7. The van der Waals surface area contributed by atoms with Crippen LogP contribution in [-0.2, 0) is 17.8 Å². The molecule has 2 heterocycles. The lowest BCUT2D eigenvalue weighted by molar-refractivity contribution is -0.127. The van der Waals surface area contributed by atoms with Gasteiger partial charge in [0.2, 0.25) is 5.91 Å². The first-order chi connectivity index (χ1) is 15.6. The first kappa shape index (κ1) is 22.2. The average molecular weight is 453 g/mol. The van der Waals surface area contributed by atoms with Crippen molar-refractivity contribution in [2.45, 2.75) is 49.6 Å². The van der Waals surface area contributed by atoms with E-state index in [1.165, 1.54) is 40.9 Å². The van der Waals surface area contributed by atoms with Gasteiger partial charge in [0, 0.05) is 25.1 Å². The Balaban J connectivity index is 1.52. The molecule has 1 aliphatic heterocycles. The summed E-state index contributed by atoms with van der Waals surface area (Å²) in [6, 6.07) is 15.4. The standard InChI is InChI=1S/C24H25FN4O2S/c1-2-28-21(16-17-8-4-3-5-9-17)26-27-24(28)32-20-10-6-7-15-29(23(20)31)22(30)18-11-13-19(25)14-12-18/h3-5,8-9,11-14,20H,2,6-7,10,15-16H2,1H3. The van der Waals surface area contributed by atoms with Gasteiger partial charge in [0.1, 0.15) is 11.6 Å². The Kier molecular flexibility index (Phi) is 6.99. The molecule has 2 aromatic carbocycles. The Morgan fingerprint density at radius 3 is 2.56 bits per heavy atom. The molecule has 1 atom stereocenters. The number of halogens is 1. The highest BCUT2D eigenvalue weighted by molar-refractivity contribution is 8.00. The van der Waals surface area contributed by atoms with Crippen LogP contribution in [0.5, 0.6) is 0 Å². The summed E-state index contributed by atoms with van der Waals surface area (Å²) in [5, 5.41) is 9.00. The van der Waals surface area contributed by atoms with Gasteiger partial charge in [0.05, 0.1) is 5.25 Å². The van der Waals surface area contributed by atoms with Crippen LogP contribution in [0.15, 0.2) is 59.8 Å². The van der Waals surface area contributed by atoms with Crippen molar-refractivity contribution >= 4 is 23.6 Å². The highest BCUT2D eigenvalue weighted by Gasteiger charge is 2.33. The minimum absolute atomic E-state index is 0.225. The molecule has 1 unspecified atom stereocenters. The van der Waals surface area contributed by atoms with Gasteiger partial charge in [0.15, 0.2) is 5.16 Å². The number of amides is 2. The second-order valence-electron chi connectivity index (χ2n) is 7.71. The minimum Gasteiger partial charge on any atom is -0.306 e. The maximum absolute atomic E-state index is 13.3. The molecule has 0 spiro atoms. The third-order valence-corrected chi connectivity index (χ3v) is 6.77. The summed E-state index contributed by atoms with van der Waals surface area (Å²) >= 11 is 1.37. The zero-order valence-corrected chi connectivity index (χ0v) is 18.7. The summed E-state index contributed by atoms with van der Waals surface area (Å²) in [7, 11) is 0. The Labute approximate surface area is 190 Å². The Morgan fingerprint density at radius 1 is 1.09 bits per heavy atom. The summed E-state index contributed by atoms with van der Waals surface area (Å²) in [5.74, 6) is -0.176. The van der Waals surface area contributed by atoms with Crippen molar-refractivity contribution in [3.05, 3.63) is 77.4 Å². The number of imide groups is 1. The normalized spacial score (nSPS) is 16.8. The predicted octanol–water partition coefficient (Wildman–Crippen LogP) is 4.34. The van der Waals surface area contributed by atoms with Crippen molar-refractivity contribution in [2.75, 3.05) is 6.54 Å². The number of carbonyl (C=O) groups excluding carboxylic acids is 2. The van der Waals surface area contributed by atoms with E-state index in [1.54, 1.807) is 0 Å². The Hall–Kier alpha value is -3.00. The molecule has 32 heavy (non-hydrogen) atoms. The maximum Gasteiger partial charge on any atom is 0.260 e. The maximum atomic E-state index is 13.3. The van der Waals surface area contributed by atoms with Gasteiger partial charge in [-0.05, 0) is 49.6 Å². The molecule has 0 N–H and O–H groups in total. The molecule has 1 saturated heterocycles. The summed E-state index contributed by atoms with van der Waals surface area (Å²) in [5.41, 5.74) is 1.46. The molecule has 1 aliphatic rings. The van der Waals surface area contributed by atoms with E-state index in [1.807, 2.05) is 29.7 Å². The first-order valence-electron chi connectivity index (χ1n) is 10.8. The molecule has 1 fully saturated rings. The lowest BCUT2D eigenvalue weighted by Gasteiger charge is -2.22. The van der Waals surface area contributed by atoms with Crippen LogP contribution in [0.1, 0.15) is 47.9 Å². The molecular weight excluding hydrogens is 427 g/mol. The molecule has 6 nitrogen and oxygen atoms in total. The smallest absolute Gasteiger partial charge is 0.260 e. The van der Waals surface area contributed by atoms with Gasteiger partial charge in [-0.2, -0.15) is 0 Å². The van der Waals surface area contributed by atoms with E-state index in [2.05, 4.69) is 22.3 Å². The molecule has 0 radical (unpaired) electrons. The van der Waals surface area contributed by atoms with Gasteiger partial charge in [-0.25, -0.2) is 4.39 Å². The molecular formula is C24H25FN4O2S. The molecule has 0 bridgehead atoms. The van der Waals surface area contributed by atoms with Crippen LogP contribution < -0.4 is 0 Å². The van der Waals surface area contributed by atoms with Gasteiger partial charge in [-0.15, -0.1) is 10.2 Å². The van der Waals surface area contributed by atoms with E-state index >= 15 is 0 Å². The monoisotopic (exact) mass is 452 g/mol. The van der Waals surface area contributed by atoms with Crippen molar-refractivity contribution in [2.24, 2.45) is 0 Å². The van der Waals surface area contributed by atoms with Crippen LogP contribution >= 0.6 is 11.8 Å². The van der Waals surface area contributed by atoms with Crippen LogP contribution in [0.25, 0.3) is 0 Å². The number of carbonyl (C=O) groups is 2. The number of hydrogen-bond acceptors (Lipinski definition) is 5. The van der Waals surface area contributed by atoms with E-state index in [9.17, 15) is 14.0 Å². The summed E-state index contributed by atoms with van der Waals surface area (Å²) < 4.78 is 15.3. The highest BCUT2D eigenvalue weighted by atomic mass is 32.2. The fraction of sp³-hybridized carbons (Fsp3) is 0.333. The summed E-state index contributed by atoms with van der Waals surface area (Å²) in [6.45, 7) is 3.09. The second kappa shape index (κ2) is 10.1.